The standard InChI is InChI=1S/C20H13Cl4FN4O2/c21-11-3-1-4-12(22)10(11)8-29-9-14(24)19(27-29)26-20(30)17-7-16(28-31-17)18-13(23)5-2-6-15(18)25/h1-6,9,17H,7-8H2,(H,26,27,30). The number of anilines is 1. The monoisotopic (exact) mass is 500 g/mol. The van der Waals surface area contributed by atoms with Gasteiger partial charge in [-0.15, -0.1) is 0 Å². The van der Waals surface area contributed by atoms with Crippen molar-refractivity contribution in [3.63, 3.8) is 0 Å². The first-order valence-corrected chi connectivity index (χ1v) is 10.5. The van der Waals surface area contributed by atoms with Crippen molar-refractivity contribution >= 4 is 63.8 Å². The lowest BCUT2D eigenvalue weighted by molar-refractivity contribution is -0.125. The molecule has 0 bridgehead atoms. The Labute approximate surface area is 196 Å². The number of carbonyl (C=O) groups is 1. The zero-order chi connectivity index (χ0) is 22.1. The van der Waals surface area contributed by atoms with Gasteiger partial charge in [0.05, 0.1) is 22.8 Å². The topological polar surface area (TPSA) is 68.5 Å². The predicted octanol–water partition coefficient (Wildman–Crippen LogP) is 5.82. The second kappa shape index (κ2) is 9.04. The van der Waals surface area contributed by atoms with Crippen LogP contribution in [0.15, 0.2) is 47.8 Å². The highest BCUT2D eigenvalue weighted by Gasteiger charge is 2.32. The van der Waals surface area contributed by atoms with Gasteiger partial charge in [-0.3, -0.25) is 9.48 Å². The van der Waals surface area contributed by atoms with E-state index >= 15 is 0 Å². The molecule has 3 aromatic rings. The summed E-state index contributed by atoms with van der Waals surface area (Å²) in [6, 6.07) is 9.45. The van der Waals surface area contributed by atoms with Gasteiger partial charge >= 0.3 is 0 Å². The first-order chi connectivity index (χ1) is 14.8. The van der Waals surface area contributed by atoms with Gasteiger partial charge in [-0.05, 0) is 24.3 Å². The van der Waals surface area contributed by atoms with Gasteiger partial charge in [0.25, 0.3) is 5.91 Å². The number of benzene rings is 2. The number of nitrogens with one attached hydrogen (secondary N) is 1. The van der Waals surface area contributed by atoms with Crippen LogP contribution < -0.4 is 5.32 Å². The number of halogens is 5. The first-order valence-electron chi connectivity index (χ1n) is 8.97. The van der Waals surface area contributed by atoms with E-state index in [4.69, 9.17) is 51.2 Å². The third kappa shape index (κ3) is 4.65. The molecule has 0 saturated heterocycles. The lowest BCUT2D eigenvalue weighted by atomic mass is 10.0. The highest BCUT2D eigenvalue weighted by atomic mass is 35.5. The Morgan fingerprint density at radius 2 is 1.77 bits per heavy atom. The molecule has 1 N–H and O–H groups in total. The summed E-state index contributed by atoms with van der Waals surface area (Å²) in [5, 5.41) is 12.1. The maximum Gasteiger partial charge on any atom is 0.269 e. The molecule has 1 aromatic heterocycles. The van der Waals surface area contributed by atoms with Gasteiger partial charge < -0.3 is 10.2 Å². The van der Waals surface area contributed by atoms with Gasteiger partial charge in [-0.25, -0.2) is 4.39 Å². The summed E-state index contributed by atoms with van der Waals surface area (Å²) in [6.07, 6.45) is 0.595. The number of amides is 1. The maximum atomic E-state index is 14.1. The predicted molar refractivity (Wildman–Crippen MR) is 119 cm³/mol. The zero-order valence-electron chi connectivity index (χ0n) is 15.6. The fraction of sp³-hybridized carbons (Fsp3) is 0.150. The van der Waals surface area contributed by atoms with Gasteiger partial charge in [0, 0.05) is 28.2 Å². The number of hydrogen-bond donors (Lipinski definition) is 1. The minimum atomic E-state index is -0.982. The van der Waals surface area contributed by atoms with E-state index in [-0.39, 0.29) is 40.1 Å². The van der Waals surface area contributed by atoms with Crippen molar-refractivity contribution < 1.29 is 14.0 Å². The Bertz CT molecular complexity index is 1160. The van der Waals surface area contributed by atoms with Gasteiger partial charge in [0.15, 0.2) is 5.82 Å². The molecular formula is C20H13Cl4FN4O2. The van der Waals surface area contributed by atoms with Crippen molar-refractivity contribution in [1.82, 2.24) is 9.78 Å². The fourth-order valence-corrected chi connectivity index (χ4v) is 4.03. The van der Waals surface area contributed by atoms with Crippen LogP contribution in [0.3, 0.4) is 0 Å². The van der Waals surface area contributed by atoms with Crippen molar-refractivity contribution in [2.45, 2.75) is 19.1 Å². The average molecular weight is 502 g/mol. The molecule has 1 unspecified atom stereocenters. The molecule has 1 aliphatic rings. The third-order valence-corrected chi connectivity index (χ3v) is 5.85. The molecule has 0 radical (unpaired) electrons. The second-order valence-corrected chi connectivity index (χ2v) is 8.27. The normalized spacial score (nSPS) is 15.5. The number of aromatic nitrogens is 2. The lowest BCUT2D eigenvalue weighted by Gasteiger charge is -2.09. The van der Waals surface area contributed by atoms with E-state index in [0.29, 0.717) is 15.6 Å². The van der Waals surface area contributed by atoms with Crippen molar-refractivity contribution in [2.24, 2.45) is 5.16 Å². The number of nitrogens with zero attached hydrogens (tertiary/aromatic N) is 3. The van der Waals surface area contributed by atoms with Crippen molar-refractivity contribution in [1.29, 1.82) is 0 Å². The molecule has 160 valence electrons. The van der Waals surface area contributed by atoms with Gasteiger partial charge in [0.2, 0.25) is 6.10 Å². The molecule has 31 heavy (non-hydrogen) atoms. The second-order valence-electron chi connectivity index (χ2n) is 6.65. The molecular weight excluding hydrogens is 489 g/mol. The summed E-state index contributed by atoms with van der Waals surface area (Å²) < 4.78 is 15.6. The summed E-state index contributed by atoms with van der Waals surface area (Å²) in [5.41, 5.74) is 1.02. The van der Waals surface area contributed by atoms with Crippen LogP contribution in [-0.4, -0.2) is 27.5 Å². The number of hydrogen-bond acceptors (Lipinski definition) is 4. The van der Waals surface area contributed by atoms with Crippen LogP contribution in [-0.2, 0) is 16.2 Å². The van der Waals surface area contributed by atoms with Crippen molar-refractivity contribution in [3.8, 4) is 0 Å². The van der Waals surface area contributed by atoms with Gasteiger partial charge in [-0.2, -0.15) is 5.10 Å². The van der Waals surface area contributed by atoms with Crippen LogP contribution in [0.5, 0.6) is 0 Å². The Hall–Kier alpha value is -2.32. The van der Waals surface area contributed by atoms with Gasteiger partial charge in [-0.1, -0.05) is 63.7 Å². The van der Waals surface area contributed by atoms with Crippen LogP contribution in [0.4, 0.5) is 10.2 Å². The van der Waals surface area contributed by atoms with E-state index in [1.54, 1.807) is 18.2 Å². The van der Waals surface area contributed by atoms with Crippen LogP contribution in [0, 0.1) is 5.82 Å². The zero-order valence-corrected chi connectivity index (χ0v) is 18.6. The lowest BCUT2D eigenvalue weighted by Crippen LogP contribution is -2.28. The van der Waals surface area contributed by atoms with E-state index in [2.05, 4.69) is 15.6 Å². The molecule has 1 aliphatic heterocycles. The first kappa shape index (κ1) is 21.9. The molecule has 11 heteroatoms. The SMILES string of the molecule is O=C(Nc1nn(Cc2c(Cl)cccc2Cl)cc1Cl)C1CC(c2c(F)cccc2Cl)=NO1. The van der Waals surface area contributed by atoms with E-state index in [9.17, 15) is 9.18 Å². The number of oxime groups is 1. The van der Waals surface area contributed by atoms with Crippen LogP contribution in [0.2, 0.25) is 20.1 Å². The fourth-order valence-electron chi connectivity index (χ4n) is 3.04. The molecule has 4 rings (SSSR count). The van der Waals surface area contributed by atoms with Crippen molar-refractivity contribution in [2.75, 3.05) is 5.32 Å². The molecule has 1 atom stereocenters. The Morgan fingerprint density at radius 1 is 1.10 bits per heavy atom. The molecule has 1 amide bonds. The molecule has 2 heterocycles. The highest BCUT2D eigenvalue weighted by Crippen LogP contribution is 2.28. The van der Waals surface area contributed by atoms with Crippen LogP contribution in [0.1, 0.15) is 17.5 Å². The van der Waals surface area contributed by atoms with E-state index in [1.165, 1.54) is 29.1 Å². The Morgan fingerprint density at radius 3 is 2.48 bits per heavy atom. The summed E-state index contributed by atoms with van der Waals surface area (Å²) in [5.74, 6) is -0.944. The molecule has 0 fully saturated rings. The smallest absolute Gasteiger partial charge is 0.269 e. The van der Waals surface area contributed by atoms with E-state index in [0.717, 1.165) is 0 Å². The molecule has 6 nitrogen and oxygen atoms in total. The maximum absolute atomic E-state index is 14.1. The van der Waals surface area contributed by atoms with Crippen molar-refractivity contribution in [3.05, 3.63) is 79.6 Å². The van der Waals surface area contributed by atoms with Crippen LogP contribution >= 0.6 is 46.4 Å². The quantitative estimate of drug-likeness (QED) is 0.479. The largest absolute Gasteiger partial charge is 0.382 e. The molecule has 2 aromatic carbocycles. The van der Waals surface area contributed by atoms with Crippen LogP contribution in [0.25, 0.3) is 0 Å². The Kier molecular flexibility index (Phi) is 6.39. The number of rotatable bonds is 5. The van der Waals surface area contributed by atoms with E-state index in [1.807, 2.05) is 0 Å². The summed E-state index contributed by atoms with van der Waals surface area (Å²) in [4.78, 5) is 17.8. The minimum Gasteiger partial charge on any atom is -0.382 e. The summed E-state index contributed by atoms with van der Waals surface area (Å²) in [7, 11) is 0. The number of carbonyl (C=O) groups excluding carboxylic acids is 1. The summed E-state index contributed by atoms with van der Waals surface area (Å²) in [6.45, 7) is 0.257. The highest BCUT2D eigenvalue weighted by molar-refractivity contribution is 6.36. The molecule has 0 spiro atoms. The average Bonchev–Trinajstić information content (AvgIpc) is 3.32. The van der Waals surface area contributed by atoms with Gasteiger partial charge in [0.1, 0.15) is 10.8 Å². The summed E-state index contributed by atoms with van der Waals surface area (Å²) >= 11 is 24.6. The Balaban J connectivity index is 1.44. The van der Waals surface area contributed by atoms with E-state index < -0.39 is 17.8 Å². The molecule has 0 saturated carbocycles. The third-order valence-electron chi connectivity index (χ3n) is 4.55. The molecule has 0 aliphatic carbocycles. The minimum absolute atomic E-state index is 0.0417.